The van der Waals surface area contributed by atoms with E-state index < -0.39 is 0 Å². The summed E-state index contributed by atoms with van der Waals surface area (Å²) in [5, 5.41) is 3.48. The van der Waals surface area contributed by atoms with E-state index >= 15 is 0 Å². The molecule has 0 fully saturated rings. The molecule has 1 atom stereocenters. The molecule has 2 aromatic rings. The van der Waals surface area contributed by atoms with Crippen molar-refractivity contribution in [1.82, 2.24) is 10.3 Å². The first-order chi connectivity index (χ1) is 9.24. The van der Waals surface area contributed by atoms with E-state index in [9.17, 15) is 4.39 Å². The highest BCUT2D eigenvalue weighted by Crippen LogP contribution is 2.06. The lowest BCUT2D eigenvalue weighted by Crippen LogP contribution is -2.29. The van der Waals surface area contributed by atoms with E-state index in [-0.39, 0.29) is 5.82 Å². The Bertz CT molecular complexity index is 482. The van der Waals surface area contributed by atoms with E-state index in [0.29, 0.717) is 6.04 Å². The van der Waals surface area contributed by atoms with Crippen molar-refractivity contribution in [2.24, 2.45) is 0 Å². The Morgan fingerprint density at radius 1 is 1.05 bits per heavy atom. The number of hydrogen-bond donors (Lipinski definition) is 1. The van der Waals surface area contributed by atoms with Crippen molar-refractivity contribution in [2.75, 3.05) is 6.54 Å². The predicted octanol–water partition coefficient (Wildman–Crippen LogP) is 2.98. The highest BCUT2D eigenvalue weighted by Gasteiger charge is 2.03. The molecule has 1 N–H and O–H groups in total. The van der Waals surface area contributed by atoms with Gasteiger partial charge in [0, 0.05) is 18.4 Å². The summed E-state index contributed by atoms with van der Waals surface area (Å²) >= 11 is 0. The second-order valence-corrected chi connectivity index (χ2v) is 4.79. The molecule has 19 heavy (non-hydrogen) atoms. The Kier molecular flexibility index (Phi) is 5.04. The van der Waals surface area contributed by atoms with Crippen LogP contribution in [0.3, 0.4) is 0 Å². The van der Waals surface area contributed by atoms with E-state index in [2.05, 4.69) is 17.2 Å². The van der Waals surface area contributed by atoms with Gasteiger partial charge in [-0.2, -0.15) is 0 Å². The number of benzene rings is 1. The van der Waals surface area contributed by atoms with Crippen molar-refractivity contribution in [2.45, 2.75) is 25.8 Å². The Labute approximate surface area is 113 Å². The van der Waals surface area contributed by atoms with Crippen LogP contribution in [0.15, 0.2) is 48.8 Å². The van der Waals surface area contributed by atoms with Gasteiger partial charge in [0.25, 0.3) is 0 Å². The van der Waals surface area contributed by atoms with Crippen molar-refractivity contribution in [3.8, 4) is 0 Å². The van der Waals surface area contributed by atoms with Gasteiger partial charge in [-0.05, 0) is 61.7 Å². The first kappa shape index (κ1) is 13.7. The fourth-order valence-corrected chi connectivity index (χ4v) is 2.06. The third-order valence-corrected chi connectivity index (χ3v) is 3.11. The van der Waals surface area contributed by atoms with Crippen LogP contribution in [0, 0.1) is 5.82 Å². The summed E-state index contributed by atoms with van der Waals surface area (Å²) in [4.78, 5) is 4.00. The molecule has 0 saturated carbocycles. The standard InChI is InChI=1S/C16H19FN2/c1-13(12-15-2-4-16(17)5-3-15)19-11-8-14-6-9-18-10-7-14/h2-7,9-10,13,19H,8,11-12H2,1H3. The van der Waals surface area contributed by atoms with E-state index in [1.165, 1.54) is 17.7 Å². The van der Waals surface area contributed by atoms with Crippen molar-refractivity contribution < 1.29 is 4.39 Å². The highest BCUT2D eigenvalue weighted by molar-refractivity contribution is 5.17. The van der Waals surface area contributed by atoms with Gasteiger partial charge in [-0.1, -0.05) is 12.1 Å². The molecule has 1 heterocycles. The van der Waals surface area contributed by atoms with Crippen LogP contribution in [0.2, 0.25) is 0 Å². The molecule has 1 aromatic carbocycles. The van der Waals surface area contributed by atoms with Gasteiger partial charge >= 0.3 is 0 Å². The molecule has 1 aromatic heterocycles. The lowest BCUT2D eigenvalue weighted by molar-refractivity contribution is 0.547. The van der Waals surface area contributed by atoms with Crippen LogP contribution < -0.4 is 5.32 Å². The first-order valence-corrected chi connectivity index (χ1v) is 6.61. The number of rotatable bonds is 6. The molecule has 3 heteroatoms. The zero-order chi connectivity index (χ0) is 13.5. The molecule has 0 radical (unpaired) electrons. The number of hydrogen-bond acceptors (Lipinski definition) is 2. The summed E-state index contributed by atoms with van der Waals surface area (Å²) in [5.41, 5.74) is 2.45. The molecule has 2 rings (SSSR count). The van der Waals surface area contributed by atoms with Gasteiger partial charge < -0.3 is 5.32 Å². The number of halogens is 1. The average Bonchev–Trinajstić information content (AvgIpc) is 2.43. The number of nitrogens with one attached hydrogen (secondary N) is 1. The van der Waals surface area contributed by atoms with Gasteiger partial charge in [0.15, 0.2) is 0 Å². The molecule has 0 bridgehead atoms. The van der Waals surface area contributed by atoms with Crippen LogP contribution in [0.1, 0.15) is 18.1 Å². The highest BCUT2D eigenvalue weighted by atomic mass is 19.1. The third kappa shape index (κ3) is 4.79. The van der Waals surface area contributed by atoms with Crippen LogP contribution in [-0.4, -0.2) is 17.6 Å². The normalized spacial score (nSPS) is 12.3. The second-order valence-electron chi connectivity index (χ2n) is 4.79. The average molecular weight is 258 g/mol. The lowest BCUT2D eigenvalue weighted by atomic mass is 10.1. The Morgan fingerprint density at radius 2 is 1.74 bits per heavy atom. The third-order valence-electron chi connectivity index (χ3n) is 3.11. The smallest absolute Gasteiger partial charge is 0.123 e. The first-order valence-electron chi connectivity index (χ1n) is 6.61. The fraction of sp³-hybridized carbons (Fsp3) is 0.312. The topological polar surface area (TPSA) is 24.9 Å². The van der Waals surface area contributed by atoms with Crippen molar-refractivity contribution in [3.05, 3.63) is 65.7 Å². The molecule has 0 saturated heterocycles. The minimum atomic E-state index is -0.179. The molecule has 0 amide bonds. The van der Waals surface area contributed by atoms with Gasteiger partial charge in [0.2, 0.25) is 0 Å². The Morgan fingerprint density at radius 3 is 2.42 bits per heavy atom. The second kappa shape index (κ2) is 7.00. The van der Waals surface area contributed by atoms with E-state index in [4.69, 9.17) is 0 Å². The maximum Gasteiger partial charge on any atom is 0.123 e. The molecule has 1 unspecified atom stereocenters. The summed E-state index contributed by atoms with van der Waals surface area (Å²) < 4.78 is 12.8. The Hall–Kier alpha value is -1.74. The number of aromatic nitrogens is 1. The zero-order valence-corrected chi connectivity index (χ0v) is 11.1. The fourth-order valence-electron chi connectivity index (χ4n) is 2.06. The van der Waals surface area contributed by atoms with E-state index in [1.807, 2.05) is 36.7 Å². The van der Waals surface area contributed by atoms with E-state index in [1.54, 1.807) is 0 Å². The minimum absolute atomic E-state index is 0.179. The SMILES string of the molecule is CC(Cc1ccc(F)cc1)NCCc1ccncc1. The summed E-state index contributed by atoms with van der Waals surface area (Å²) in [7, 11) is 0. The van der Waals surface area contributed by atoms with Gasteiger partial charge in [0.1, 0.15) is 5.82 Å². The molecular weight excluding hydrogens is 239 g/mol. The van der Waals surface area contributed by atoms with Crippen LogP contribution in [0.5, 0.6) is 0 Å². The maximum atomic E-state index is 12.8. The maximum absolute atomic E-state index is 12.8. The molecule has 0 aliphatic carbocycles. The van der Waals surface area contributed by atoms with Crippen LogP contribution in [-0.2, 0) is 12.8 Å². The molecule has 100 valence electrons. The lowest BCUT2D eigenvalue weighted by Gasteiger charge is -2.13. The summed E-state index contributed by atoms with van der Waals surface area (Å²) in [6, 6.07) is 11.2. The molecule has 2 nitrogen and oxygen atoms in total. The van der Waals surface area contributed by atoms with Crippen LogP contribution >= 0.6 is 0 Å². The summed E-state index contributed by atoms with van der Waals surface area (Å²) in [6.45, 7) is 3.09. The summed E-state index contributed by atoms with van der Waals surface area (Å²) in [5.74, 6) is -0.179. The van der Waals surface area contributed by atoms with Crippen molar-refractivity contribution in [1.29, 1.82) is 0 Å². The van der Waals surface area contributed by atoms with Crippen molar-refractivity contribution in [3.63, 3.8) is 0 Å². The number of pyridine rings is 1. The molecule has 0 aliphatic rings. The summed E-state index contributed by atoms with van der Waals surface area (Å²) in [6.07, 6.45) is 5.54. The Balaban J connectivity index is 1.73. The van der Waals surface area contributed by atoms with Crippen LogP contribution in [0.25, 0.3) is 0 Å². The molecular formula is C16H19FN2. The van der Waals surface area contributed by atoms with Gasteiger partial charge in [0.05, 0.1) is 0 Å². The van der Waals surface area contributed by atoms with Crippen LogP contribution in [0.4, 0.5) is 4.39 Å². The molecule has 0 spiro atoms. The van der Waals surface area contributed by atoms with Crippen molar-refractivity contribution >= 4 is 0 Å². The van der Waals surface area contributed by atoms with Gasteiger partial charge in [-0.25, -0.2) is 4.39 Å². The van der Waals surface area contributed by atoms with Gasteiger partial charge in [-0.15, -0.1) is 0 Å². The quantitative estimate of drug-likeness (QED) is 0.861. The monoisotopic (exact) mass is 258 g/mol. The predicted molar refractivity (Wildman–Crippen MR) is 75.5 cm³/mol. The largest absolute Gasteiger partial charge is 0.314 e. The zero-order valence-electron chi connectivity index (χ0n) is 11.1. The molecule has 0 aliphatic heterocycles. The van der Waals surface area contributed by atoms with E-state index in [0.717, 1.165) is 24.9 Å². The number of nitrogens with zero attached hydrogens (tertiary/aromatic N) is 1. The minimum Gasteiger partial charge on any atom is -0.314 e. The van der Waals surface area contributed by atoms with Gasteiger partial charge in [-0.3, -0.25) is 4.98 Å².